The maximum absolute atomic E-state index is 10.9. The summed E-state index contributed by atoms with van der Waals surface area (Å²) in [5, 5.41) is 15.8. The van der Waals surface area contributed by atoms with Crippen molar-refractivity contribution in [3.8, 4) is 0 Å². The van der Waals surface area contributed by atoms with E-state index >= 15 is 0 Å². The summed E-state index contributed by atoms with van der Waals surface area (Å²) in [4.78, 5) is 10.9. The zero-order valence-corrected chi connectivity index (χ0v) is 9.51. The minimum absolute atomic E-state index is 0.0800. The van der Waals surface area contributed by atoms with Crippen LogP contribution in [0.3, 0.4) is 0 Å². The first-order chi connectivity index (χ1) is 7.16. The van der Waals surface area contributed by atoms with Crippen molar-refractivity contribution in [2.75, 3.05) is 20.1 Å². The number of rotatable bonds is 6. The average molecular weight is 214 g/mol. The van der Waals surface area contributed by atoms with E-state index in [1.54, 1.807) is 7.05 Å². The highest BCUT2D eigenvalue weighted by molar-refractivity contribution is 5.75. The lowest BCUT2D eigenvalue weighted by Gasteiger charge is -2.22. The van der Waals surface area contributed by atoms with Crippen LogP contribution in [0.4, 0.5) is 0 Å². The predicted molar refractivity (Wildman–Crippen MR) is 59.6 cm³/mol. The van der Waals surface area contributed by atoms with Crippen LogP contribution in [0.5, 0.6) is 0 Å². The summed E-state index contributed by atoms with van der Waals surface area (Å²) in [6.07, 6.45) is 5.48. The van der Waals surface area contributed by atoms with Crippen LogP contribution in [0.1, 0.15) is 38.5 Å². The average Bonchev–Trinajstić information content (AvgIpc) is 2.64. The van der Waals surface area contributed by atoms with Gasteiger partial charge in [0, 0.05) is 20.0 Å². The van der Waals surface area contributed by atoms with E-state index in [1.807, 2.05) is 0 Å². The minimum atomic E-state index is -0.479. The number of carbonyl (C=O) groups excluding carboxylic acids is 1. The molecule has 0 aliphatic heterocycles. The summed E-state index contributed by atoms with van der Waals surface area (Å²) in [7, 11) is 1.65. The molecular formula is C11H22N2O2. The Kier molecular flexibility index (Phi) is 5.05. The van der Waals surface area contributed by atoms with Gasteiger partial charge in [0.2, 0.25) is 5.91 Å². The third-order valence-electron chi connectivity index (χ3n) is 3.02. The van der Waals surface area contributed by atoms with Crippen LogP contribution in [-0.2, 0) is 4.79 Å². The second kappa shape index (κ2) is 6.08. The number of amides is 1. The molecular weight excluding hydrogens is 192 g/mol. The van der Waals surface area contributed by atoms with E-state index < -0.39 is 5.60 Å². The maximum atomic E-state index is 10.9. The van der Waals surface area contributed by atoms with E-state index in [9.17, 15) is 9.90 Å². The van der Waals surface area contributed by atoms with Crippen molar-refractivity contribution in [1.29, 1.82) is 0 Å². The molecule has 4 heteroatoms. The van der Waals surface area contributed by atoms with Gasteiger partial charge in [-0.15, -0.1) is 0 Å². The Hall–Kier alpha value is -0.610. The van der Waals surface area contributed by atoms with Gasteiger partial charge in [0.1, 0.15) is 0 Å². The topological polar surface area (TPSA) is 61.4 Å². The van der Waals surface area contributed by atoms with Gasteiger partial charge in [0.05, 0.1) is 5.60 Å². The highest BCUT2D eigenvalue weighted by atomic mass is 16.3. The van der Waals surface area contributed by atoms with E-state index in [0.717, 1.165) is 38.6 Å². The van der Waals surface area contributed by atoms with Crippen molar-refractivity contribution in [2.24, 2.45) is 0 Å². The molecule has 0 atom stereocenters. The lowest BCUT2D eigenvalue weighted by molar-refractivity contribution is -0.120. The summed E-state index contributed by atoms with van der Waals surface area (Å²) in [6, 6.07) is 0. The lowest BCUT2D eigenvalue weighted by Crippen LogP contribution is -2.38. The van der Waals surface area contributed by atoms with Gasteiger partial charge in [-0.2, -0.15) is 0 Å². The number of aliphatic hydroxyl groups is 1. The smallest absolute Gasteiger partial charge is 0.219 e. The van der Waals surface area contributed by atoms with E-state index in [4.69, 9.17) is 0 Å². The molecule has 3 N–H and O–H groups in total. The first-order valence-corrected chi connectivity index (χ1v) is 5.80. The molecule has 0 saturated heterocycles. The molecule has 0 spiro atoms. The first kappa shape index (κ1) is 12.5. The van der Waals surface area contributed by atoms with Crippen LogP contribution in [0, 0.1) is 0 Å². The Bertz CT molecular complexity index is 201. The van der Waals surface area contributed by atoms with Crippen molar-refractivity contribution in [3.05, 3.63) is 0 Å². The summed E-state index contributed by atoms with van der Waals surface area (Å²) in [5.74, 6) is 0.0800. The van der Waals surface area contributed by atoms with E-state index in [2.05, 4.69) is 10.6 Å². The van der Waals surface area contributed by atoms with Gasteiger partial charge in [-0.3, -0.25) is 4.79 Å². The third-order valence-corrected chi connectivity index (χ3v) is 3.02. The number of carbonyl (C=O) groups is 1. The standard InChI is InChI=1S/C11H22N2O2/c1-12-10(14)5-4-8-13-9-11(15)6-2-3-7-11/h13,15H,2-9H2,1H3,(H,12,14). The number of hydrogen-bond donors (Lipinski definition) is 3. The van der Waals surface area contributed by atoms with Gasteiger partial charge >= 0.3 is 0 Å². The summed E-state index contributed by atoms with van der Waals surface area (Å²) < 4.78 is 0. The van der Waals surface area contributed by atoms with Crippen molar-refractivity contribution >= 4 is 5.91 Å². The van der Waals surface area contributed by atoms with E-state index in [-0.39, 0.29) is 5.91 Å². The molecule has 0 aromatic heterocycles. The molecule has 0 heterocycles. The molecule has 1 aliphatic carbocycles. The summed E-state index contributed by atoms with van der Waals surface area (Å²) in [6.45, 7) is 1.47. The normalized spacial score (nSPS) is 19.1. The quantitative estimate of drug-likeness (QED) is 0.561. The minimum Gasteiger partial charge on any atom is -0.389 e. The van der Waals surface area contributed by atoms with Gasteiger partial charge in [-0.05, 0) is 25.8 Å². The molecule has 4 nitrogen and oxygen atoms in total. The molecule has 0 bridgehead atoms. The maximum Gasteiger partial charge on any atom is 0.219 e. The number of hydrogen-bond acceptors (Lipinski definition) is 3. The lowest BCUT2D eigenvalue weighted by atomic mass is 10.0. The Morgan fingerprint density at radius 3 is 2.67 bits per heavy atom. The van der Waals surface area contributed by atoms with Crippen molar-refractivity contribution in [2.45, 2.75) is 44.1 Å². The molecule has 1 amide bonds. The highest BCUT2D eigenvalue weighted by Crippen LogP contribution is 2.28. The number of nitrogens with one attached hydrogen (secondary N) is 2. The van der Waals surface area contributed by atoms with Gasteiger partial charge in [-0.1, -0.05) is 12.8 Å². The molecule has 0 aromatic rings. The Balaban J connectivity index is 1.99. The molecule has 88 valence electrons. The molecule has 1 rings (SSSR count). The second-order valence-corrected chi connectivity index (χ2v) is 4.38. The Morgan fingerprint density at radius 1 is 1.40 bits per heavy atom. The van der Waals surface area contributed by atoms with Crippen LogP contribution in [0.15, 0.2) is 0 Å². The molecule has 1 fully saturated rings. The first-order valence-electron chi connectivity index (χ1n) is 5.80. The fourth-order valence-electron chi connectivity index (χ4n) is 2.03. The van der Waals surface area contributed by atoms with Crippen LogP contribution >= 0.6 is 0 Å². The largest absolute Gasteiger partial charge is 0.389 e. The van der Waals surface area contributed by atoms with Crippen LogP contribution in [-0.4, -0.2) is 36.8 Å². The van der Waals surface area contributed by atoms with Crippen molar-refractivity contribution < 1.29 is 9.90 Å². The van der Waals surface area contributed by atoms with Gasteiger partial charge in [0.25, 0.3) is 0 Å². The fraction of sp³-hybridized carbons (Fsp3) is 0.909. The van der Waals surface area contributed by atoms with Gasteiger partial charge in [-0.25, -0.2) is 0 Å². The zero-order chi connectivity index (χ0) is 11.1. The molecule has 0 aromatic carbocycles. The Labute approximate surface area is 91.4 Å². The van der Waals surface area contributed by atoms with Crippen molar-refractivity contribution in [1.82, 2.24) is 10.6 Å². The van der Waals surface area contributed by atoms with Gasteiger partial charge < -0.3 is 15.7 Å². The van der Waals surface area contributed by atoms with Crippen LogP contribution < -0.4 is 10.6 Å². The van der Waals surface area contributed by atoms with Gasteiger partial charge in [0.15, 0.2) is 0 Å². The molecule has 0 unspecified atom stereocenters. The molecule has 1 aliphatic rings. The van der Waals surface area contributed by atoms with Crippen LogP contribution in [0.25, 0.3) is 0 Å². The monoisotopic (exact) mass is 214 g/mol. The SMILES string of the molecule is CNC(=O)CCCNCC1(O)CCCC1. The molecule has 15 heavy (non-hydrogen) atoms. The fourth-order valence-corrected chi connectivity index (χ4v) is 2.03. The highest BCUT2D eigenvalue weighted by Gasteiger charge is 2.30. The molecule has 0 radical (unpaired) electrons. The predicted octanol–water partition coefficient (Wildman–Crippen LogP) is 0.407. The molecule has 1 saturated carbocycles. The summed E-state index contributed by atoms with van der Waals surface area (Å²) in [5.41, 5.74) is -0.479. The van der Waals surface area contributed by atoms with Crippen LogP contribution in [0.2, 0.25) is 0 Å². The van der Waals surface area contributed by atoms with E-state index in [0.29, 0.717) is 13.0 Å². The van der Waals surface area contributed by atoms with E-state index in [1.165, 1.54) is 0 Å². The second-order valence-electron chi connectivity index (χ2n) is 4.38. The zero-order valence-electron chi connectivity index (χ0n) is 9.51. The third kappa shape index (κ3) is 4.62. The Morgan fingerprint density at radius 2 is 2.07 bits per heavy atom. The summed E-state index contributed by atoms with van der Waals surface area (Å²) >= 11 is 0. The van der Waals surface area contributed by atoms with Crippen molar-refractivity contribution in [3.63, 3.8) is 0 Å².